The van der Waals surface area contributed by atoms with Crippen LogP contribution in [0.25, 0.3) is 39.1 Å². The Labute approximate surface area is 173 Å². The fourth-order valence-corrected chi connectivity index (χ4v) is 4.31. The summed E-state index contributed by atoms with van der Waals surface area (Å²) in [7, 11) is -3.25. The third-order valence-corrected chi connectivity index (χ3v) is 6.39. The van der Waals surface area contributed by atoms with Crippen LogP contribution in [0, 0.1) is 6.92 Å². The number of benzene rings is 3. The maximum atomic E-state index is 11.7. The maximum absolute atomic E-state index is 11.7. The van der Waals surface area contributed by atoms with Crippen LogP contribution in [0.5, 0.6) is 0 Å². The Balaban J connectivity index is 1.67. The molecular formula is C23H18N4O2S. The van der Waals surface area contributed by atoms with E-state index >= 15 is 0 Å². The van der Waals surface area contributed by atoms with Gasteiger partial charge in [-0.25, -0.2) is 13.4 Å². The average molecular weight is 414 g/mol. The molecule has 0 unspecified atom stereocenters. The minimum absolute atomic E-state index is 0.269. The van der Waals surface area contributed by atoms with E-state index in [1.807, 2.05) is 22.7 Å². The van der Waals surface area contributed by atoms with Gasteiger partial charge in [0, 0.05) is 29.8 Å². The highest BCUT2D eigenvalue weighted by Gasteiger charge is 2.13. The van der Waals surface area contributed by atoms with Crippen molar-refractivity contribution in [3.8, 4) is 22.5 Å². The monoisotopic (exact) mass is 414 g/mol. The SMILES string of the molecule is Cc1ccc(-c2cnc3nnc(-c4ccc(S(C)(=O)=O)cc4)n3c2)c2ccccc12. The first-order valence-electron chi connectivity index (χ1n) is 9.42. The lowest BCUT2D eigenvalue weighted by Crippen LogP contribution is -1.97. The fraction of sp³-hybridized carbons (Fsp3) is 0.0870. The van der Waals surface area contributed by atoms with Crippen molar-refractivity contribution in [2.45, 2.75) is 11.8 Å². The van der Waals surface area contributed by atoms with Crippen LogP contribution >= 0.6 is 0 Å². The molecule has 5 rings (SSSR count). The topological polar surface area (TPSA) is 77.2 Å². The van der Waals surface area contributed by atoms with Crippen molar-refractivity contribution in [2.75, 3.05) is 6.26 Å². The van der Waals surface area contributed by atoms with Crippen LogP contribution in [0.1, 0.15) is 5.56 Å². The lowest BCUT2D eigenvalue weighted by Gasteiger charge is -2.10. The molecule has 0 N–H and O–H groups in total. The molecule has 0 amide bonds. The van der Waals surface area contributed by atoms with E-state index < -0.39 is 9.84 Å². The number of hydrogen-bond donors (Lipinski definition) is 0. The van der Waals surface area contributed by atoms with Crippen molar-refractivity contribution in [3.63, 3.8) is 0 Å². The highest BCUT2D eigenvalue weighted by Crippen LogP contribution is 2.31. The zero-order valence-corrected chi connectivity index (χ0v) is 17.3. The molecule has 2 heterocycles. The second-order valence-corrected chi connectivity index (χ2v) is 9.32. The predicted molar refractivity (Wildman–Crippen MR) is 117 cm³/mol. The molecule has 0 aliphatic heterocycles. The van der Waals surface area contributed by atoms with E-state index in [9.17, 15) is 8.42 Å². The van der Waals surface area contributed by atoms with Crippen molar-refractivity contribution in [3.05, 3.63) is 78.6 Å². The first-order valence-corrected chi connectivity index (χ1v) is 11.3. The molecule has 3 aromatic carbocycles. The Bertz CT molecular complexity index is 1520. The quantitative estimate of drug-likeness (QED) is 0.439. The van der Waals surface area contributed by atoms with Crippen LogP contribution in [0.15, 0.2) is 78.0 Å². The second kappa shape index (κ2) is 6.74. The van der Waals surface area contributed by atoms with Gasteiger partial charge in [0.2, 0.25) is 0 Å². The Morgan fingerprint density at radius 1 is 0.833 bits per heavy atom. The lowest BCUT2D eigenvalue weighted by molar-refractivity contribution is 0.602. The Morgan fingerprint density at radius 2 is 1.57 bits per heavy atom. The molecule has 148 valence electrons. The van der Waals surface area contributed by atoms with E-state index in [1.165, 1.54) is 17.2 Å². The smallest absolute Gasteiger partial charge is 0.255 e. The first-order chi connectivity index (χ1) is 14.4. The standard InChI is InChI=1S/C23H18N4O2S/c1-15-7-12-20(21-6-4-3-5-19(15)21)17-13-24-23-26-25-22(27(23)14-17)16-8-10-18(11-9-16)30(2,28)29/h3-14H,1-2H3. The van der Waals surface area contributed by atoms with Crippen LogP contribution in [-0.4, -0.2) is 34.3 Å². The zero-order chi connectivity index (χ0) is 20.9. The van der Waals surface area contributed by atoms with E-state index in [2.05, 4.69) is 46.4 Å². The molecule has 2 aromatic heterocycles. The molecular weight excluding hydrogens is 396 g/mol. The van der Waals surface area contributed by atoms with Crippen LogP contribution in [0.3, 0.4) is 0 Å². The van der Waals surface area contributed by atoms with Crippen molar-refractivity contribution in [1.82, 2.24) is 19.6 Å². The molecule has 0 saturated carbocycles. The Morgan fingerprint density at radius 3 is 2.30 bits per heavy atom. The molecule has 7 heteroatoms. The molecule has 0 aliphatic carbocycles. The van der Waals surface area contributed by atoms with E-state index in [0.717, 1.165) is 22.1 Å². The van der Waals surface area contributed by atoms with Crippen molar-refractivity contribution in [1.29, 1.82) is 0 Å². The number of nitrogens with zero attached hydrogens (tertiary/aromatic N) is 4. The maximum Gasteiger partial charge on any atom is 0.255 e. The third-order valence-electron chi connectivity index (χ3n) is 5.26. The molecule has 5 aromatic rings. The lowest BCUT2D eigenvalue weighted by atomic mass is 9.97. The molecule has 0 atom stereocenters. The minimum atomic E-state index is -3.25. The Hall–Kier alpha value is -3.58. The largest absolute Gasteiger partial charge is 0.266 e. The summed E-state index contributed by atoms with van der Waals surface area (Å²) in [6, 6.07) is 19.1. The Kier molecular flexibility index (Phi) is 4.15. The number of fused-ring (bicyclic) bond motifs is 2. The number of sulfone groups is 1. The first kappa shape index (κ1) is 18.4. The molecule has 30 heavy (non-hydrogen) atoms. The van der Waals surface area contributed by atoms with E-state index in [0.29, 0.717) is 11.6 Å². The number of rotatable bonds is 3. The summed E-state index contributed by atoms with van der Waals surface area (Å²) >= 11 is 0. The van der Waals surface area contributed by atoms with Gasteiger partial charge < -0.3 is 0 Å². The number of aryl methyl sites for hydroxylation is 1. The van der Waals surface area contributed by atoms with Crippen LogP contribution in [0.4, 0.5) is 0 Å². The summed E-state index contributed by atoms with van der Waals surface area (Å²) < 4.78 is 25.3. The minimum Gasteiger partial charge on any atom is -0.266 e. The summed E-state index contributed by atoms with van der Waals surface area (Å²) in [4.78, 5) is 4.75. The van der Waals surface area contributed by atoms with Gasteiger partial charge in [0.1, 0.15) is 0 Å². The number of hydrogen-bond acceptors (Lipinski definition) is 5. The van der Waals surface area contributed by atoms with E-state index in [1.54, 1.807) is 30.5 Å². The zero-order valence-electron chi connectivity index (χ0n) is 16.4. The summed E-state index contributed by atoms with van der Waals surface area (Å²) in [6.07, 6.45) is 4.97. The fourth-order valence-electron chi connectivity index (χ4n) is 3.68. The predicted octanol–water partition coefficient (Wildman–Crippen LogP) is 4.32. The average Bonchev–Trinajstić information content (AvgIpc) is 3.17. The van der Waals surface area contributed by atoms with Crippen LogP contribution in [-0.2, 0) is 9.84 Å². The molecule has 0 fully saturated rings. The van der Waals surface area contributed by atoms with Gasteiger partial charge >= 0.3 is 0 Å². The summed E-state index contributed by atoms with van der Waals surface area (Å²) in [6.45, 7) is 2.10. The summed E-state index contributed by atoms with van der Waals surface area (Å²) in [5.41, 5.74) is 4.02. The van der Waals surface area contributed by atoms with Crippen LogP contribution in [0.2, 0.25) is 0 Å². The van der Waals surface area contributed by atoms with Crippen LogP contribution < -0.4 is 0 Å². The van der Waals surface area contributed by atoms with Gasteiger partial charge in [-0.2, -0.15) is 0 Å². The van der Waals surface area contributed by atoms with Gasteiger partial charge in [-0.15, -0.1) is 10.2 Å². The highest BCUT2D eigenvalue weighted by atomic mass is 32.2. The highest BCUT2D eigenvalue weighted by molar-refractivity contribution is 7.90. The number of aromatic nitrogens is 4. The molecule has 0 aliphatic rings. The van der Waals surface area contributed by atoms with E-state index in [4.69, 9.17) is 0 Å². The van der Waals surface area contributed by atoms with Crippen molar-refractivity contribution < 1.29 is 8.42 Å². The molecule has 0 bridgehead atoms. The van der Waals surface area contributed by atoms with Gasteiger partial charge in [0.15, 0.2) is 15.7 Å². The molecule has 0 saturated heterocycles. The van der Waals surface area contributed by atoms with Gasteiger partial charge in [-0.05, 0) is 53.1 Å². The van der Waals surface area contributed by atoms with Gasteiger partial charge in [0.25, 0.3) is 5.78 Å². The third kappa shape index (κ3) is 3.04. The second-order valence-electron chi connectivity index (χ2n) is 7.31. The molecule has 0 spiro atoms. The molecule has 0 radical (unpaired) electrons. The van der Waals surface area contributed by atoms with Gasteiger partial charge in [-0.3, -0.25) is 4.40 Å². The molecule has 6 nitrogen and oxygen atoms in total. The van der Waals surface area contributed by atoms with Crippen molar-refractivity contribution in [2.24, 2.45) is 0 Å². The normalized spacial score (nSPS) is 11.9. The van der Waals surface area contributed by atoms with Gasteiger partial charge in [0.05, 0.1) is 4.90 Å². The summed E-state index contributed by atoms with van der Waals surface area (Å²) in [5.74, 6) is 1.09. The van der Waals surface area contributed by atoms with E-state index in [-0.39, 0.29) is 4.90 Å². The summed E-state index contributed by atoms with van der Waals surface area (Å²) in [5, 5.41) is 10.8. The van der Waals surface area contributed by atoms with Gasteiger partial charge in [-0.1, -0.05) is 36.4 Å². The van der Waals surface area contributed by atoms with Crippen molar-refractivity contribution >= 4 is 26.4 Å².